The Morgan fingerprint density at radius 3 is 2.57 bits per heavy atom. The molecule has 3 amide bonds. The minimum atomic E-state index is -0.787. The molecule has 0 aromatic carbocycles. The highest BCUT2D eigenvalue weighted by Gasteiger charge is 2.18. The highest BCUT2D eigenvalue weighted by atomic mass is 79.9. The van der Waals surface area contributed by atoms with Gasteiger partial charge in [-0.1, -0.05) is 6.07 Å². The number of hydrazine groups is 1. The van der Waals surface area contributed by atoms with Gasteiger partial charge in [-0.05, 0) is 40.4 Å². The van der Waals surface area contributed by atoms with Crippen molar-refractivity contribution in [1.29, 1.82) is 0 Å². The minimum Gasteiger partial charge on any atom is -0.345 e. The maximum Gasteiger partial charge on any atom is 0.286 e. The molecule has 0 aliphatic heterocycles. The zero-order valence-corrected chi connectivity index (χ0v) is 14.8. The van der Waals surface area contributed by atoms with Gasteiger partial charge < -0.3 is 9.88 Å². The standard InChI is InChI=1S/C14H15BrN4O3S/c1-8(16-14(22)11-4-3-5-23-11)12(20)17-18-13(21)10-6-9(15)7-19(10)2/h3-8H,1-2H3,(H,16,22)(H,17,20)(H,18,21). The third-order valence-corrected chi connectivity index (χ3v) is 4.29. The maximum absolute atomic E-state index is 12.0. The van der Waals surface area contributed by atoms with E-state index in [1.54, 1.807) is 41.4 Å². The number of carbonyl (C=O) groups excluding carboxylic acids is 3. The maximum atomic E-state index is 12.0. The van der Waals surface area contributed by atoms with Crippen LogP contribution in [0.5, 0.6) is 0 Å². The highest BCUT2D eigenvalue weighted by molar-refractivity contribution is 9.10. The van der Waals surface area contributed by atoms with Crippen molar-refractivity contribution < 1.29 is 14.4 Å². The van der Waals surface area contributed by atoms with Gasteiger partial charge in [-0.2, -0.15) is 0 Å². The van der Waals surface area contributed by atoms with Crippen LogP contribution in [0.25, 0.3) is 0 Å². The van der Waals surface area contributed by atoms with E-state index in [0.29, 0.717) is 10.6 Å². The van der Waals surface area contributed by atoms with Crippen molar-refractivity contribution in [2.24, 2.45) is 7.05 Å². The van der Waals surface area contributed by atoms with Crippen LogP contribution in [0.3, 0.4) is 0 Å². The van der Waals surface area contributed by atoms with Crippen LogP contribution in [-0.2, 0) is 11.8 Å². The molecule has 23 heavy (non-hydrogen) atoms. The number of carbonyl (C=O) groups is 3. The van der Waals surface area contributed by atoms with Crippen LogP contribution in [-0.4, -0.2) is 28.3 Å². The molecular formula is C14H15BrN4O3S. The van der Waals surface area contributed by atoms with Crippen LogP contribution >= 0.6 is 27.3 Å². The normalized spacial score (nSPS) is 11.6. The number of thiophene rings is 1. The number of nitrogens with one attached hydrogen (secondary N) is 3. The Kier molecular flexibility index (Phi) is 5.56. The number of hydrogen-bond donors (Lipinski definition) is 3. The Bertz CT molecular complexity index is 726. The molecule has 7 nitrogen and oxygen atoms in total. The first kappa shape index (κ1) is 17.2. The van der Waals surface area contributed by atoms with Crippen LogP contribution in [0.4, 0.5) is 0 Å². The molecule has 0 fully saturated rings. The molecule has 0 radical (unpaired) electrons. The molecule has 0 bridgehead atoms. The van der Waals surface area contributed by atoms with E-state index in [0.717, 1.165) is 4.47 Å². The molecule has 0 aliphatic carbocycles. The van der Waals surface area contributed by atoms with Gasteiger partial charge in [-0.25, -0.2) is 0 Å². The van der Waals surface area contributed by atoms with Gasteiger partial charge in [0.2, 0.25) is 0 Å². The first-order valence-corrected chi connectivity index (χ1v) is 8.32. The lowest BCUT2D eigenvalue weighted by atomic mass is 10.3. The van der Waals surface area contributed by atoms with E-state index in [2.05, 4.69) is 32.1 Å². The molecule has 0 aliphatic rings. The van der Waals surface area contributed by atoms with Crippen molar-refractivity contribution in [3.63, 3.8) is 0 Å². The Balaban J connectivity index is 1.85. The zero-order chi connectivity index (χ0) is 17.0. The first-order valence-electron chi connectivity index (χ1n) is 6.65. The van der Waals surface area contributed by atoms with Gasteiger partial charge in [0, 0.05) is 17.7 Å². The fraction of sp³-hybridized carbons (Fsp3) is 0.214. The molecule has 0 saturated carbocycles. The van der Waals surface area contributed by atoms with Crippen LogP contribution in [0.2, 0.25) is 0 Å². The Labute approximate surface area is 145 Å². The van der Waals surface area contributed by atoms with Crippen LogP contribution < -0.4 is 16.2 Å². The predicted octanol–water partition coefficient (Wildman–Crippen LogP) is 1.43. The highest BCUT2D eigenvalue weighted by Crippen LogP contribution is 2.13. The Morgan fingerprint density at radius 1 is 1.26 bits per heavy atom. The average molecular weight is 399 g/mol. The summed E-state index contributed by atoms with van der Waals surface area (Å²) in [5.74, 6) is -1.31. The summed E-state index contributed by atoms with van der Waals surface area (Å²) in [7, 11) is 1.71. The van der Waals surface area contributed by atoms with E-state index in [1.165, 1.54) is 18.3 Å². The van der Waals surface area contributed by atoms with Gasteiger partial charge >= 0.3 is 0 Å². The molecule has 0 spiro atoms. The van der Waals surface area contributed by atoms with Gasteiger partial charge in [0.25, 0.3) is 17.7 Å². The lowest BCUT2D eigenvalue weighted by Crippen LogP contribution is -2.51. The smallest absolute Gasteiger partial charge is 0.286 e. The summed E-state index contributed by atoms with van der Waals surface area (Å²) < 4.78 is 2.38. The van der Waals surface area contributed by atoms with E-state index in [4.69, 9.17) is 0 Å². The lowest BCUT2D eigenvalue weighted by molar-refractivity contribution is -0.123. The van der Waals surface area contributed by atoms with E-state index >= 15 is 0 Å². The number of rotatable bonds is 4. The van der Waals surface area contributed by atoms with E-state index in [9.17, 15) is 14.4 Å². The fourth-order valence-corrected chi connectivity index (χ4v) is 2.93. The molecule has 9 heteroatoms. The summed E-state index contributed by atoms with van der Waals surface area (Å²) >= 11 is 4.55. The number of aromatic nitrogens is 1. The SMILES string of the molecule is CC(NC(=O)c1cccs1)C(=O)NNC(=O)c1cc(Br)cn1C. The number of aryl methyl sites for hydroxylation is 1. The lowest BCUT2D eigenvalue weighted by Gasteiger charge is -2.14. The Morgan fingerprint density at radius 2 is 2.00 bits per heavy atom. The van der Waals surface area contributed by atoms with Crippen molar-refractivity contribution in [1.82, 2.24) is 20.7 Å². The van der Waals surface area contributed by atoms with Crippen molar-refractivity contribution >= 4 is 45.0 Å². The minimum absolute atomic E-state index is 0.333. The van der Waals surface area contributed by atoms with Crippen LogP contribution in [0, 0.1) is 0 Å². The summed E-state index contributed by atoms with van der Waals surface area (Å²) in [4.78, 5) is 36.2. The van der Waals surface area contributed by atoms with Crippen molar-refractivity contribution in [2.75, 3.05) is 0 Å². The van der Waals surface area contributed by atoms with Crippen LogP contribution in [0.1, 0.15) is 27.1 Å². The Hall–Kier alpha value is -2.13. The van der Waals surface area contributed by atoms with Crippen molar-refractivity contribution in [3.8, 4) is 0 Å². The molecule has 122 valence electrons. The topological polar surface area (TPSA) is 92.2 Å². The monoisotopic (exact) mass is 398 g/mol. The van der Waals surface area contributed by atoms with Gasteiger partial charge in [-0.15, -0.1) is 11.3 Å². The number of hydrogen-bond acceptors (Lipinski definition) is 4. The summed E-state index contributed by atoms with van der Waals surface area (Å²) in [5.41, 5.74) is 4.98. The second-order valence-electron chi connectivity index (χ2n) is 4.77. The van der Waals surface area contributed by atoms with E-state index < -0.39 is 17.9 Å². The summed E-state index contributed by atoms with van der Waals surface area (Å²) in [6.07, 6.45) is 1.72. The third-order valence-electron chi connectivity index (χ3n) is 2.99. The van der Waals surface area contributed by atoms with Crippen molar-refractivity contribution in [3.05, 3.63) is 44.8 Å². The average Bonchev–Trinajstić information content (AvgIpc) is 3.13. The summed E-state index contributed by atoms with van der Waals surface area (Å²) in [6.45, 7) is 1.53. The zero-order valence-electron chi connectivity index (χ0n) is 12.4. The molecule has 3 N–H and O–H groups in total. The van der Waals surface area contributed by atoms with E-state index in [1.807, 2.05) is 0 Å². The number of halogens is 1. The third kappa shape index (κ3) is 4.42. The van der Waals surface area contributed by atoms with Gasteiger partial charge in [0.05, 0.1) is 4.88 Å². The number of nitrogens with zero attached hydrogens (tertiary/aromatic N) is 1. The second kappa shape index (κ2) is 7.42. The number of amides is 3. The van der Waals surface area contributed by atoms with Crippen LogP contribution in [0.15, 0.2) is 34.2 Å². The molecule has 2 aromatic heterocycles. The largest absolute Gasteiger partial charge is 0.345 e. The predicted molar refractivity (Wildman–Crippen MR) is 90.0 cm³/mol. The fourth-order valence-electron chi connectivity index (χ4n) is 1.78. The summed E-state index contributed by atoms with van der Waals surface area (Å²) in [6, 6.07) is 4.26. The first-order chi connectivity index (χ1) is 10.9. The van der Waals surface area contributed by atoms with Gasteiger partial charge in [0.1, 0.15) is 11.7 Å². The van der Waals surface area contributed by atoms with Crippen molar-refractivity contribution in [2.45, 2.75) is 13.0 Å². The molecule has 2 rings (SSSR count). The molecule has 0 saturated heterocycles. The molecular weight excluding hydrogens is 384 g/mol. The van der Waals surface area contributed by atoms with Gasteiger partial charge in [-0.3, -0.25) is 25.2 Å². The van der Waals surface area contributed by atoms with E-state index in [-0.39, 0.29) is 5.91 Å². The second-order valence-corrected chi connectivity index (χ2v) is 6.63. The molecule has 1 unspecified atom stereocenters. The quantitative estimate of drug-likeness (QED) is 0.680. The molecule has 1 atom stereocenters. The van der Waals surface area contributed by atoms with Gasteiger partial charge in [0.15, 0.2) is 0 Å². The molecule has 2 aromatic rings. The summed E-state index contributed by atoms with van der Waals surface area (Å²) in [5, 5.41) is 4.33. The molecule has 2 heterocycles.